The van der Waals surface area contributed by atoms with Crippen LogP contribution in [0.15, 0.2) is 30.3 Å². The summed E-state index contributed by atoms with van der Waals surface area (Å²) in [6, 6.07) is 9.50. The fourth-order valence-corrected chi connectivity index (χ4v) is 2.06. The zero-order valence-electron chi connectivity index (χ0n) is 12.4. The van der Waals surface area contributed by atoms with Gasteiger partial charge in [-0.3, -0.25) is 4.79 Å². The maximum atomic E-state index is 12.3. The molecular formula is C16H25NO3. The average molecular weight is 279 g/mol. The number of hydrogen-bond donors (Lipinski definition) is 2. The highest BCUT2D eigenvalue weighted by molar-refractivity contribution is 5.86. The van der Waals surface area contributed by atoms with E-state index in [1.54, 1.807) is 14.0 Å². The summed E-state index contributed by atoms with van der Waals surface area (Å²) >= 11 is 0. The molecule has 0 aliphatic heterocycles. The number of benzene rings is 1. The highest BCUT2D eigenvalue weighted by Gasteiger charge is 2.34. The third kappa shape index (κ3) is 4.62. The van der Waals surface area contributed by atoms with Gasteiger partial charge < -0.3 is 15.2 Å². The fourth-order valence-electron chi connectivity index (χ4n) is 2.06. The Labute approximate surface area is 121 Å². The van der Waals surface area contributed by atoms with Gasteiger partial charge in [0.25, 0.3) is 5.91 Å². The topological polar surface area (TPSA) is 58.6 Å². The number of aliphatic hydroxyl groups is 1. The van der Waals surface area contributed by atoms with Crippen LogP contribution in [0.1, 0.15) is 38.2 Å². The summed E-state index contributed by atoms with van der Waals surface area (Å²) in [7, 11) is 1.55. The lowest BCUT2D eigenvalue weighted by atomic mass is 9.94. The Morgan fingerprint density at radius 3 is 2.45 bits per heavy atom. The van der Waals surface area contributed by atoms with E-state index in [1.165, 1.54) is 0 Å². The van der Waals surface area contributed by atoms with Gasteiger partial charge in [-0.05, 0) is 25.3 Å². The molecule has 0 aliphatic carbocycles. The van der Waals surface area contributed by atoms with Crippen LogP contribution in [-0.4, -0.2) is 31.3 Å². The Bertz CT molecular complexity index is 394. The first-order valence-electron chi connectivity index (χ1n) is 7.15. The number of amides is 1. The van der Waals surface area contributed by atoms with Gasteiger partial charge in [0, 0.05) is 20.3 Å². The fraction of sp³-hybridized carbons (Fsp3) is 0.562. The van der Waals surface area contributed by atoms with E-state index in [4.69, 9.17) is 9.84 Å². The molecule has 0 saturated carbocycles. The maximum Gasteiger partial charge on any atom is 0.256 e. The van der Waals surface area contributed by atoms with E-state index < -0.39 is 5.60 Å². The van der Waals surface area contributed by atoms with E-state index in [2.05, 4.69) is 5.32 Å². The first-order chi connectivity index (χ1) is 9.65. The van der Waals surface area contributed by atoms with Crippen LogP contribution in [0.2, 0.25) is 0 Å². The molecule has 112 valence electrons. The minimum atomic E-state index is -0.952. The van der Waals surface area contributed by atoms with Crippen molar-refractivity contribution in [3.63, 3.8) is 0 Å². The summed E-state index contributed by atoms with van der Waals surface area (Å²) < 4.78 is 5.44. The third-order valence-electron chi connectivity index (χ3n) is 3.54. The Morgan fingerprint density at radius 2 is 1.85 bits per heavy atom. The standard InChI is InChI=1S/C16H25NO3/c1-16(20-2,14-10-6-5-7-11-14)15(19)17-12-8-3-4-9-13-18/h5-7,10-11,18H,3-4,8-9,12-13H2,1-2H3,(H,17,19). The molecule has 1 rings (SSSR count). The molecule has 0 fully saturated rings. The van der Waals surface area contributed by atoms with E-state index in [0.717, 1.165) is 31.2 Å². The van der Waals surface area contributed by atoms with Gasteiger partial charge in [-0.15, -0.1) is 0 Å². The monoisotopic (exact) mass is 279 g/mol. The molecule has 0 aliphatic rings. The van der Waals surface area contributed by atoms with Crippen LogP contribution in [0.3, 0.4) is 0 Å². The van der Waals surface area contributed by atoms with Crippen molar-refractivity contribution in [1.82, 2.24) is 5.32 Å². The van der Waals surface area contributed by atoms with Gasteiger partial charge in [0.2, 0.25) is 0 Å². The number of carbonyl (C=O) groups excluding carboxylic acids is 1. The average Bonchev–Trinajstić information content (AvgIpc) is 2.50. The molecule has 0 aromatic heterocycles. The molecule has 2 N–H and O–H groups in total. The van der Waals surface area contributed by atoms with Gasteiger partial charge in [0.1, 0.15) is 0 Å². The summed E-state index contributed by atoms with van der Waals surface area (Å²) in [5.41, 5.74) is -0.105. The maximum absolute atomic E-state index is 12.3. The van der Waals surface area contributed by atoms with Gasteiger partial charge >= 0.3 is 0 Å². The number of ether oxygens (including phenoxy) is 1. The van der Waals surface area contributed by atoms with Crippen molar-refractivity contribution in [2.45, 2.75) is 38.2 Å². The summed E-state index contributed by atoms with van der Waals surface area (Å²) in [6.07, 6.45) is 3.75. The number of hydrogen-bond acceptors (Lipinski definition) is 3. The molecule has 0 radical (unpaired) electrons. The zero-order valence-corrected chi connectivity index (χ0v) is 12.4. The molecule has 4 heteroatoms. The lowest BCUT2D eigenvalue weighted by Gasteiger charge is -2.27. The molecule has 1 amide bonds. The molecular weight excluding hydrogens is 254 g/mol. The predicted octanol–water partition coefficient (Wildman–Crippen LogP) is 2.22. The highest BCUT2D eigenvalue weighted by Crippen LogP contribution is 2.24. The van der Waals surface area contributed by atoms with Gasteiger partial charge in [0.05, 0.1) is 0 Å². The second-order valence-electron chi connectivity index (χ2n) is 5.00. The smallest absolute Gasteiger partial charge is 0.256 e. The van der Waals surface area contributed by atoms with Crippen molar-refractivity contribution in [3.8, 4) is 0 Å². The summed E-state index contributed by atoms with van der Waals surface area (Å²) in [4.78, 5) is 12.3. The van der Waals surface area contributed by atoms with Gasteiger partial charge in [-0.25, -0.2) is 0 Å². The van der Waals surface area contributed by atoms with Gasteiger partial charge in [-0.2, -0.15) is 0 Å². The molecule has 4 nitrogen and oxygen atoms in total. The number of unbranched alkanes of at least 4 members (excludes halogenated alkanes) is 3. The lowest BCUT2D eigenvalue weighted by Crippen LogP contribution is -2.44. The molecule has 0 bridgehead atoms. The normalized spacial score (nSPS) is 13.8. The molecule has 1 aromatic carbocycles. The number of aliphatic hydroxyl groups excluding tert-OH is 1. The molecule has 1 aromatic rings. The van der Waals surface area contributed by atoms with Gasteiger partial charge in [0.15, 0.2) is 5.60 Å². The van der Waals surface area contributed by atoms with Crippen molar-refractivity contribution in [2.24, 2.45) is 0 Å². The predicted molar refractivity (Wildman–Crippen MR) is 79.4 cm³/mol. The van der Waals surface area contributed by atoms with E-state index >= 15 is 0 Å². The first kappa shape index (κ1) is 16.7. The zero-order chi connectivity index (χ0) is 14.8. The lowest BCUT2D eigenvalue weighted by molar-refractivity contribution is -0.142. The Hall–Kier alpha value is -1.39. The van der Waals surface area contributed by atoms with Crippen LogP contribution in [0.5, 0.6) is 0 Å². The van der Waals surface area contributed by atoms with Crippen LogP contribution < -0.4 is 5.32 Å². The second-order valence-corrected chi connectivity index (χ2v) is 5.00. The molecule has 1 unspecified atom stereocenters. The number of carbonyl (C=O) groups is 1. The SMILES string of the molecule is COC(C)(C(=O)NCCCCCCO)c1ccccc1. The van der Waals surface area contributed by atoms with Crippen LogP contribution in [0, 0.1) is 0 Å². The molecule has 0 saturated heterocycles. The van der Waals surface area contributed by atoms with Crippen molar-refractivity contribution in [3.05, 3.63) is 35.9 Å². The molecule has 20 heavy (non-hydrogen) atoms. The van der Waals surface area contributed by atoms with Crippen molar-refractivity contribution in [2.75, 3.05) is 20.3 Å². The van der Waals surface area contributed by atoms with Crippen LogP contribution in [-0.2, 0) is 15.1 Å². The number of rotatable bonds is 9. The Balaban J connectivity index is 2.47. The minimum Gasteiger partial charge on any atom is -0.396 e. The Kier molecular flexibility index (Phi) is 7.26. The minimum absolute atomic E-state index is 0.117. The van der Waals surface area contributed by atoms with Crippen molar-refractivity contribution < 1.29 is 14.6 Å². The second kappa shape index (κ2) is 8.72. The summed E-state index contributed by atoms with van der Waals surface area (Å²) in [6.45, 7) is 2.65. The van der Waals surface area contributed by atoms with Crippen LogP contribution in [0.25, 0.3) is 0 Å². The molecule has 0 spiro atoms. The number of methoxy groups -OCH3 is 1. The van der Waals surface area contributed by atoms with Gasteiger partial charge in [-0.1, -0.05) is 43.2 Å². The summed E-state index contributed by atoms with van der Waals surface area (Å²) in [5.74, 6) is -0.117. The van der Waals surface area contributed by atoms with Crippen LogP contribution >= 0.6 is 0 Å². The van der Waals surface area contributed by atoms with E-state index in [0.29, 0.717) is 6.54 Å². The quantitative estimate of drug-likeness (QED) is 0.681. The van der Waals surface area contributed by atoms with Crippen molar-refractivity contribution >= 4 is 5.91 Å². The highest BCUT2D eigenvalue weighted by atomic mass is 16.5. The third-order valence-corrected chi connectivity index (χ3v) is 3.54. The van der Waals surface area contributed by atoms with E-state index in [9.17, 15) is 4.79 Å². The number of nitrogens with one attached hydrogen (secondary N) is 1. The van der Waals surface area contributed by atoms with Crippen LogP contribution in [0.4, 0.5) is 0 Å². The molecule has 0 heterocycles. The van der Waals surface area contributed by atoms with Crippen molar-refractivity contribution in [1.29, 1.82) is 0 Å². The van der Waals surface area contributed by atoms with E-state index in [-0.39, 0.29) is 12.5 Å². The largest absolute Gasteiger partial charge is 0.396 e. The van der Waals surface area contributed by atoms with E-state index in [1.807, 2.05) is 30.3 Å². The Morgan fingerprint density at radius 1 is 1.20 bits per heavy atom. The first-order valence-corrected chi connectivity index (χ1v) is 7.15. The molecule has 1 atom stereocenters. The summed E-state index contributed by atoms with van der Waals surface area (Å²) in [5, 5.41) is 11.6.